The minimum Gasteiger partial charge on any atom is -0.481 e. The molecule has 2 rings (SSSR count). The molecule has 0 spiro atoms. The van der Waals surface area contributed by atoms with E-state index in [0.29, 0.717) is 16.5 Å². The van der Waals surface area contributed by atoms with E-state index in [4.69, 9.17) is 26.2 Å². The van der Waals surface area contributed by atoms with Crippen LogP contribution in [0.25, 0.3) is 0 Å². The van der Waals surface area contributed by atoms with Crippen molar-refractivity contribution < 1.29 is 19.4 Å². The lowest BCUT2D eigenvalue weighted by Crippen LogP contribution is -2.04. The molecule has 86 valence electrons. The van der Waals surface area contributed by atoms with Crippen LogP contribution in [0.15, 0.2) is 12.1 Å². The third-order valence-corrected chi connectivity index (χ3v) is 2.70. The van der Waals surface area contributed by atoms with E-state index < -0.39 is 5.97 Å². The van der Waals surface area contributed by atoms with Gasteiger partial charge in [-0.1, -0.05) is 18.5 Å². The number of fused-ring (bicyclic) bond motifs is 1. The topological polar surface area (TPSA) is 55.8 Å². The summed E-state index contributed by atoms with van der Waals surface area (Å²) in [5, 5.41) is 9.28. The molecule has 0 radical (unpaired) electrons. The van der Waals surface area contributed by atoms with Gasteiger partial charge in [0.25, 0.3) is 0 Å². The van der Waals surface area contributed by atoms with Crippen LogP contribution < -0.4 is 9.47 Å². The normalized spacial score (nSPS) is 14.9. The second kappa shape index (κ2) is 4.22. The van der Waals surface area contributed by atoms with Gasteiger partial charge in [-0.2, -0.15) is 0 Å². The van der Waals surface area contributed by atoms with E-state index in [1.54, 1.807) is 12.1 Å². The van der Waals surface area contributed by atoms with E-state index in [9.17, 15) is 4.79 Å². The molecule has 5 heteroatoms. The van der Waals surface area contributed by atoms with Crippen molar-refractivity contribution in [2.45, 2.75) is 19.3 Å². The van der Waals surface area contributed by atoms with Gasteiger partial charge in [-0.25, -0.2) is 0 Å². The lowest BCUT2D eigenvalue weighted by molar-refractivity contribution is -0.137. The molecule has 1 atom stereocenters. The largest absolute Gasteiger partial charge is 0.481 e. The maximum Gasteiger partial charge on any atom is 0.303 e. The average molecular weight is 243 g/mol. The Morgan fingerprint density at radius 1 is 1.56 bits per heavy atom. The van der Waals surface area contributed by atoms with Crippen LogP contribution in [-0.2, 0) is 4.79 Å². The van der Waals surface area contributed by atoms with Crippen molar-refractivity contribution in [3.8, 4) is 11.5 Å². The molecule has 0 aromatic heterocycles. The zero-order valence-electron chi connectivity index (χ0n) is 8.70. The molecular formula is C11H11ClO4. The molecule has 1 heterocycles. The van der Waals surface area contributed by atoms with Gasteiger partial charge in [-0.15, -0.1) is 0 Å². The molecular weight excluding hydrogens is 232 g/mol. The maximum absolute atomic E-state index is 10.7. The average Bonchev–Trinajstić information content (AvgIpc) is 2.62. The third kappa shape index (κ3) is 2.07. The third-order valence-electron chi connectivity index (χ3n) is 2.48. The summed E-state index contributed by atoms with van der Waals surface area (Å²) in [5.74, 6) is 0.185. The Labute approximate surface area is 97.7 Å². The fraction of sp³-hybridized carbons (Fsp3) is 0.364. The number of benzene rings is 1. The van der Waals surface area contributed by atoms with E-state index in [-0.39, 0.29) is 19.1 Å². The lowest BCUT2D eigenvalue weighted by Gasteiger charge is -2.12. The maximum atomic E-state index is 10.7. The molecule has 1 unspecified atom stereocenters. The fourth-order valence-corrected chi connectivity index (χ4v) is 1.96. The molecule has 0 fully saturated rings. The van der Waals surface area contributed by atoms with Gasteiger partial charge < -0.3 is 14.6 Å². The van der Waals surface area contributed by atoms with E-state index in [1.165, 1.54) is 0 Å². The van der Waals surface area contributed by atoms with Crippen molar-refractivity contribution in [3.63, 3.8) is 0 Å². The first-order valence-corrected chi connectivity index (χ1v) is 5.26. The number of hydrogen-bond acceptors (Lipinski definition) is 3. The van der Waals surface area contributed by atoms with E-state index in [0.717, 1.165) is 5.56 Å². The number of carbonyl (C=O) groups is 1. The van der Waals surface area contributed by atoms with Gasteiger partial charge in [0, 0.05) is 16.7 Å². The van der Waals surface area contributed by atoms with E-state index in [2.05, 4.69) is 0 Å². The summed E-state index contributed by atoms with van der Waals surface area (Å²) in [6, 6.07) is 3.39. The van der Waals surface area contributed by atoms with Crippen LogP contribution >= 0.6 is 11.6 Å². The monoisotopic (exact) mass is 242 g/mol. The quantitative estimate of drug-likeness (QED) is 0.885. The predicted octanol–water partition coefficient (Wildman–Crippen LogP) is 2.65. The molecule has 0 saturated heterocycles. The van der Waals surface area contributed by atoms with Crippen LogP contribution in [0.1, 0.15) is 24.8 Å². The van der Waals surface area contributed by atoms with Crippen LogP contribution in [0, 0.1) is 0 Å². The summed E-state index contributed by atoms with van der Waals surface area (Å²) in [6.07, 6.45) is 0.0378. The van der Waals surface area contributed by atoms with Crippen molar-refractivity contribution in [3.05, 3.63) is 22.7 Å². The highest BCUT2D eigenvalue weighted by Gasteiger charge is 2.23. The smallest absolute Gasteiger partial charge is 0.303 e. The molecule has 1 aliphatic heterocycles. The minimum atomic E-state index is -0.847. The molecule has 0 amide bonds. The molecule has 1 N–H and O–H groups in total. The number of carboxylic acids is 1. The lowest BCUT2D eigenvalue weighted by atomic mass is 9.96. The zero-order chi connectivity index (χ0) is 11.7. The summed E-state index contributed by atoms with van der Waals surface area (Å²) in [5.41, 5.74) is 0.780. The van der Waals surface area contributed by atoms with Crippen molar-refractivity contribution in [1.29, 1.82) is 0 Å². The SMILES string of the molecule is CC(CC(=O)O)c1cc(Cl)cc2c1OCO2. The van der Waals surface area contributed by atoms with Gasteiger partial charge in [0.1, 0.15) is 0 Å². The highest BCUT2D eigenvalue weighted by Crippen LogP contribution is 2.42. The molecule has 1 aromatic carbocycles. The van der Waals surface area contributed by atoms with Crippen LogP contribution in [0.4, 0.5) is 0 Å². The first-order chi connectivity index (χ1) is 7.58. The first-order valence-electron chi connectivity index (χ1n) is 4.88. The Balaban J connectivity index is 2.36. The molecule has 1 aromatic rings. The minimum absolute atomic E-state index is 0.0378. The predicted molar refractivity (Wildman–Crippen MR) is 58.2 cm³/mol. The Kier molecular flexibility index (Phi) is 2.92. The second-order valence-corrected chi connectivity index (χ2v) is 4.16. The van der Waals surface area contributed by atoms with E-state index >= 15 is 0 Å². The Bertz CT molecular complexity index is 430. The molecule has 0 aliphatic carbocycles. The Hall–Kier alpha value is -1.42. The Morgan fingerprint density at radius 2 is 2.31 bits per heavy atom. The highest BCUT2D eigenvalue weighted by molar-refractivity contribution is 6.30. The standard InChI is InChI=1S/C11H11ClO4/c1-6(2-10(13)14)8-3-7(12)4-9-11(8)16-5-15-9/h3-4,6H,2,5H2,1H3,(H,13,14). The molecule has 1 aliphatic rings. The van der Waals surface area contributed by atoms with Crippen LogP contribution in [-0.4, -0.2) is 17.9 Å². The van der Waals surface area contributed by atoms with Gasteiger partial charge in [0.15, 0.2) is 11.5 Å². The number of carboxylic acid groups (broad SMARTS) is 1. The van der Waals surface area contributed by atoms with E-state index in [1.807, 2.05) is 6.92 Å². The van der Waals surface area contributed by atoms with Crippen LogP contribution in [0.5, 0.6) is 11.5 Å². The number of halogens is 1. The summed E-state index contributed by atoms with van der Waals surface area (Å²) in [6.45, 7) is 1.98. The summed E-state index contributed by atoms with van der Waals surface area (Å²) in [4.78, 5) is 10.7. The van der Waals surface area contributed by atoms with Gasteiger partial charge in [0.2, 0.25) is 6.79 Å². The van der Waals surface area contributed by atoms with Crippen LogP contribution in [0.2, 0.25) is 5.02 Å². The molecule has 16 heavy (non-hydrogen) atoms. The van der Waals surface area contributed by atoms with Crippen molar-refractivity contribution in [2.75, 3.05) is 6.79 Å². The Morgan fingerprint density at radius 3 is 3.00 bits per heavy atom. The van der Waals surface area contributed by atoms with Gasteiger partial charge >= 0.3 is 5.97 Å². The molecule has 0 saturated carbocycles. The molecule has 4 nitrogen and oxygen atoms in total. The zero-order valence-corrected chi connectivity index (χ0v) is 9.45. The van der Waals surface area contributed by atoms with Crippen LogP contribution in [0.3, 0.4) is 0 Å². The summed E-state index contributed by atoms with van der Waals surface area (Å²) < 4.78 is 10.5. The second-order valence-electron chi connectivity index (χ2n) is 3.73. The fourth-order valence-electron chi connectivity index (χ4n) is 1.74. The number of aliphatic carboxylic acids is 1. The van der Waals surface area contributed by atoms with Crippen molar-refractivity contribution in [1.82, 2.24) is 0 Å². The summed E-state index contributed by atoms with van der Waals surface area (Å²) >= 11 is 5.93. The van der Waals surface area contributed by atoms with Gasteiger partial charge in [0.05, 0.1) is 6.42 Å². The number of hydrogen-bond donors (Lipinski definition) is 1. The molecule has 0 bridgehead atoms. The highest BCUT2D eigenvalue weighted by atomic mass is 35.5. The first kappa shape index (κ1) is 11.1. The van der Waals surface area contributed by atoms with Gasteiger partial charge in [-0.05, 0) is 12.0 Å². The van der Waals surface area contributed by atoms with Crippen molar-refractivity contribution >= 4 is 17.6 Å². The number of rotatable bonds is 3. The van der Waals surface area contributed by atoms with Gasteiger partial charge in [-0.3, -0.25) is 4.79 Å². The summed E-state index contributed by atoms with van der Waals surface area (Å²) in [7, 11) is 0. The van der Waals surface area contributed by atoms with Crippen molar-refractivity contribution in [2.24, 2.45) is 0 Å². The number of ether oxygens (including phenoxy) is 2.